The molecule has 1 aliphatic carbocycles. The fourth-order valence-electron chi connectivity index (χ4n) is 1.29. The van der Waals surface area contributed by atoms with Crippen LogP contribution in [0.5, 0.6) is 5.75 Å². The quantitative estimate of drug-likeness (QED) is 0.720. The highest BCUT2D eigenvalue weighted by Crippen LogP contribution is 2.33. The Kier molecular flexibility index (Phi) is 2.45. The number of benzene rings is 1. The van der Waals surface area contributed by atoms with Gasteiger partial charge >= 0.3 is 0 Å². The van der Waals surface area contributed by atoms with E-state index in [-0.39, 0.29) is 0 Å². The molecule has 1 fully saturated rings. The van der Waals surface area contributed by atoms with Gasteiger partial charge in [0.2, 0.25) is 0 Å². The molecule has 2 rings (SSSR count). The van der Waals surface area contributed by atoms with E-state index in [1.54, 1.807) is 0 Å². The van der Waals surface area contributed by atoms with Gasteiger partial charge in [-0.3, -0.25) is 0 Å². The molecule has 0 unspecified atom stereocenters. The second-order valence-corrected chi connectivity index (χ2v) is 3.78. The minimum absolute atomic E-state index is 0.421. The van der Waals surface area contributed by atoms with Crippen molar-refractivity contribution in [1.29, 1.82) is 0 Å². The number of aryl methyl sites for hydroxylation is 1. The maximum absolute atomic E-state index is 6.16. The van der Waals surface area contributed by atoms with Gasteiger partial charge in [-0.1, -0.05) is 30.7 Å². The van der Waals surface area contributed by atoms with Gasteiger partial charge in [-0.05, 0) is 30.9 Å². The third-order valence-corrected chi connectivity index (χ3v) is 2.67. The minimum atomic E-state index is 0.421. The Labute approximate surface area is 83.7 Å². The highest BCUT2D eigenvalue weighted by molar-refractivity contribution is 6.32. The zero-order valence-electron chi connectivity index (χ0n) is 7.72. The summed E-state index contributed by atoms with van der Waals surface area (Å²) in [5, 5.41) is 0.789. The van der Waals surface area contributed by atoms with Crippen molar-refractivity contribution >= 4 is 11.6 Å². The van der Waals surface area contributed by atoms with E-state index in [0.717, 1.165) is 17.2 Å². The van der Waals surface area contributed by atoms with E-state index in [9.17, 15) is 0 Å². The summed E-state index contributed by atoms with van der Waals surface area (Å²) >= 11 is 6.16. The summed E-state index contributed by atoms with van der Waals surface area (Å²) in [5.41, 5.74) is 1.17. The molecule has 0 atom stereocenters. The summed E-state index contributed by atoms with van der Waals surface area (Å²) in [6.45, 7) is 2.10. The first-order chi connectivity index (χ1) is 6.31. The molecule has 2 heteroatoms. The van der Waals surface area contributed by atoms with Crippen molar-refractivity contribution in [3.8, 4) is 5.75 Å². The van der Waals surface area contributed by atoms with Crippen LogP contribution in [0, 0.1) is 0 Å². The lowest BCUT2D eigenvalue weighted by Gasteiger charge is -2.08. The molecule has 1 saturated carbocycles. The average molecular weight is 197 g/mol. The zero-order valence-corrected chi connectivity index (χ0v) is 8.47. The van der Waals surface area contributed by atoms with Gasteiger partial charge in [-0.15, -0.1) is 0 Å². The maximum atomic E-state index is 6.16. The van der Waals surface area contributed by atoms with E-state index in [2.05, 4.69) is 6.92 Å². The zero-order chi connectivity index (χ0) is 9.26. The van der Waals surface area contributed by atoms with Gasteiger partial charge in [0, 0.05) is 0 Å². The van der Waals surface area contributed by atoms with Gasteiger partial charge in [0.25, 0.3) is 0 Å². The molecule has 1 aliphatic rings. The Bertz CT molecular complexity index is 305. The third-order valence-electron chi connectivity index (χ3n) is 2.24. The molecule has 1 nitrogen and oxygen atoms in total. The van der Waals surface area contributed by atoms with Gasteiger partial charge < -0.3 is 4.74 Å². The molecule has 70 valence electrons. The Morgan fingerprint density at radius 3 is 2.85 bits per heavy atom. The topological polar surface area (TPSA) is 9.23 Å². The number of hydrogen-bond donors (Lipinski definition) is 0. The number of halogens is 1. The molecular formula is C11H13ClO. The SMILES string of the molecule is CCc1cccc(OC2CC2)c1Cl. The van der Waals surface area contributed by atoms with E-state index in [0.29, 0.717) is 6.10 Å². The predicted octanol–water partition coefficient (Wildman–Crippen LogP) is 3.44. The van der Waals surface area contributed by atoms with Gasteiger partial charge in [0.1, 0.15) is 5.75 Å². The van der Waals surface area contributed by atoms with Crippen molar-refractivity contribution in [2.45, 2.75) is 32.3 Å². The Hall–Kier alpha value is -0.690. The molecule has 0 saturated heterocycles. The number of ether oxygens (including phenoxy) is 1. The van der Waals surface area contributed by atoms with Crippen LogP contribution >= 0.6 is 11.6 Å². The van der Waals surface area contributed by atoms with Crippen LogP contribution in [-0.2, 0) is 6.42 Å². The first-order valence-electron chi connectivity index (χ1n) is 4.75. The van der Waals surface area contributed by atoms with Crippen LogP contribution in [0.15, 0.2) is 18.2 Å². The van der Waals surface area contributed by atoms with Crippen molar-refractivity contribution in [2.75, 3.05) is 0 Å². The predicted molar refractivity (Wildman–Crippen MR) is 54.5 cm³/mol. The first-order valence-corrected chi connectivity index (χ1v) is 5.13. The van der Waals surface area contributed by atoms with Crippen LogP contribution in [0.25, 0.3) is 0 Å². The van der Waals surface area contributed by atoms with Gasteiger partial charge in [-0.25, -0.2) is 0 Å². The van der Waals surface area contributed by atoms with Crippen molar-refractivity contribution in [3.63, 3.8) is 0 Å². The highest BCUT2D eigenvalue weighted by atomic mass is 35.5. The maximum Gasteiger partial charge on any atom is 0.138 e. The molecule has 1 aromatic rings. The second-order valence-electron chi connectivity index (χ2n) is 3.40. The average Bonchev–Trinajstić information content (AvgIpc) is 2.92. The second kappa shape index (κ2) is 3.59. The van der Waals surface area contributed by atoms with E-state index in [1.165, 1.54) is 18.4 Å². The van der Waals surface area contributed by atoms with Crippen LogP contribution in [0.1, 0.15) is 25.3 Å². The van der Waals surface area contributed by atoms with Gasteiger partial charge in [0.05, 0.1) is 11.1 Å². The Balaban J connectivity index is 2.22. The summed E-state index contributed by atoms with van der Waals surface area (Å²) in [4.78, 5) is 0. The standard InChI is InChI=1S/C11H13ClO/c1-2-8-4-3-5-10(11(8)12)13-9-6-7-9/h3-5,9H,2,6-7H2,1H3. The smallest absolute Gasteiger partial charge is 0.138 e. The summed E-state index contributed by atoms with van der Waals surface area (Å²) in [6.07, 6.45) is 3.73. The van der Waals surface area contributed by atoms with E-state index >= 15 is 0 Å². The van der Waals surface area contributed by atoms with Crippen molar-refractivity contribution in [3.05, 3.63) is 28.8 Å². The van der Waals surface area contributed by atoms with Crippen molar-refractivity contribution in [2.24, 2.45) is 0 Å². The summed E-state index contributed by atoms with van der Waals surface area (Å²) in [5.74, 6) is 0.850. The lowest BCUT2D eigenvalue weighted by Crippen LogP contribution is -1.97. The van der Waals surface area contributed by atoms with E-state index in [4.69, 9.17) is 16.3 Å². The fraction of sp³-hybridized carbons (Fsp3) is 0.455. The van der Waals surface area contributed by atoms with Crippen molar-refractivity contribution in [1.82, 2.24) is 0 Å². The molecular weight excluding hydrogens is 184 g/mol. The first kappa shape index (κ1) is 8.89. The molecule has 0 bridgehead atoms. The number of rotatable bonds is 3. The summed E-state index contributed by atoms with van der Waals surface area (Å²) in [6, 6.07) is 5.99. The molecule has 0 N–H and O–H groups in total. The summed E-state index contributed by atoms with van der Waals surface area (Å²) in [7, 11) is 0. The Morgan fingerprint density at radius 1 is 1.46 bits per heavy atom. The van der Waals surface area contributed by atoms with Crippen LogP contribution in [0.4, 0.5) is 0 Å². The molecule has 0 aromatic heterocycles. The third kappa shape index (κ3) is 1.97. The Morgan fingerprint density at radius 2 is 2.23 bits per heavy atom. The molecule has 13 heavy (non-hydrogen) atoms. The van der Waals surface area contributed by atoms with Crippen LogP contribution in [0.3, 0.4) is 0 Å². The van der Waals surface area contributed by atoms with Crippen LogP contribution in [-0.4, -0.2) is 6.10 Å². The largest absolute Gasteiger partial charge is 0.489 e. The van der Waals surface area contributed by atoms with E-state index < -0.39 is 0 Å². The molecule has 0 spiro atoms. The number of hydrogen-bond acceptors (Lipinski definition) is 1. The lowest BCUT2D eigenvalue weighted by molar-refractivity contribution is 0.303. The molecule has 0 aliphatic heterocycles. The fourth-order valence-corrected chi connectivity index (χ4v) is 1.59. The molecule has 1 aromatic carbocycles. The highest BCUT2D eigenvalue weighted by Gasteiger charge is 2.24. The minimum Gasteiger partial charge on any atom is -0.489 e. The molecule has 0 amide bonds. The normalized spacial score (nSPS) is 15.8. The lowest BCUT2D eigenvalue weighted by atomic mass is 10.1. The van der Waals surface area contributed by atoms with Gasteiger partial charge in [0.15, 0.2) is 0 Å². The van der Waals surface area contributed by atoms with Crippen LogP contribution in [0.2, 0.25) is 5.02 Å². The summed E-state index contributed by atoms with van der Waals surface area (Å²) < 4.78 is 5.67. The molecule has 0 radical (unpaired) electrons. The monoisotopic (exact) mass is 196 g/mol. The molecule has 0 heterocycles. The van der Waals surface area contributed by atoms with Crippen LogP contribution < -0.4 is 4.74 Å². The van der Waals surface area contributed by atoms with Crippen molar-refractivity contribution < 1.29 is 4.74 Å². The van der Waals surface area contributed by atoms with E-state index in [1.807, 2.05) is 18.2 Å². The van der Waals surface area contributed by atoms with Gasteiger partial charge in [-0.2, -0.15) is 0 Å².